The van der Waals surface area contributed by atoms with Crippen LogP contribution in [0.2, 0.25) is 0 Å². The van der Waals surface area contributed by atoms with Gasteiger partial charge in [0.1, 0.15) is 11.9 Å². The number of H-pyrrole nitrogens is 1. The normalized spacial score (nSPS) is 12.3. The van der Waals surface area contributed by atoms with Gasteiger partial charge in [0.2, 0.25) is 5.91 Å². The fourth-order valence-electron chi connectivity index (χ4n) is 3.51. The molecule has 160 valence electrons. The Bertz CT molecular complexity index is 1230. The molecule has 0 bridgehead atoms. The maximum atomic E-state index is 13.0. The summed E-state index contributed by atoms with van der Waals surface area (Å²) in [5, 5.41) is 12.1. The lowest BCUT2D eigenvalue weighted by Crippen LogP contribution is -2.24. The minimum Gasteiger partial charge on any atom is -0.330 e. The summed E-state index contributed by atoms with van der Waals surface area (Å²) in [6, 6.07) is 11.3. The van der Waals surface area contributed by atoms with Crippen LogP contribution in [0.25, 0.3) is 10.7 Å². The third-order valence-electron chi connectivity index (χ3n) is 5.02. The van der Waals surface area contributed by atoms with E-state index in [9.17, 15) is 4.79 Å². The molecule has 0 radical (unpaired) electrons. The number of nitrogens with zero attached hydrogens (tertiary/aromatic N) is 4. The molecule has 0 spiro atoms. The third-order valence-corrected chi connectivity index (χ3v) is 6.18. The van der Waals surface area contributed by atoms with Gasteiger partial charge in [0, 0.05) is 30.5 Å². The van der Waals surface area contributed by atoms with Crippen molar-refractivity contribution in [1.82, 2.24) is 24.3 Å². The number of hydrogen-bond donors (Lipinski definition) is 2. The largest absolute Gasteiger partial charge is 0.330 e. The number of aromatic nitrogens is 5. The number of amides is 1. The molecule has 2 N–H and O–H groups in total. The molecule has 0 saturated carbocycles. The van der Waals surface area contributed by atoms with Crippen LogP contribution in [0.15, 0.2) is 54.2 Å². The molecular formula is C22H24N6OS2. The zero-order chi connectivity index (χ0) is 22.0. The molecule has 7 nitrogen and oxygen atoms in total. The maximum absolute atomic E-state index is 13.0. The Balaban J connectivity index is 1.52. The van der Waals surface area contributed by atoms with Crippen molar-refractivity contribution in [2.75, 3.05) is 5.32 Å². The number of carbonyl (C=O) groups excluding carboxylic acids is 1. The van der Waals surface area contributed by atoms with E-state index in [2.05, 4.69) is 38.9 Å². The lowest BCUT2D eigenvalue weighted by atomic mass is 10.1. The van der Waals surface area contributed by atoms with Crippen LogP contribution in [0, 0.1) is 4.77 Å². The van der Waals surface area contributed by atoms with Gasteiger partial charge in [-0.25, -0.2) is 4.98 Å². The zero-order valence-electron chi connectivity index (χ0n) is 17.6. The first-order valence-electron chi connectivity index (χ1n) is 10.1. The Morgan fingerprint density at radius 1 is 1.26 bits per heavy atom. The van der Waals surface area contributed by atoms with Crippen molar-refractivity contribution >= 4 is 35.1 Å². The van der Waals surface area contributed by atoms with Crippen molar-refractivity contribution in [3.05, 3.63) is 70.3 Å². The number of hydrogen-bond acceptors (Lipinski definition) is 5. The Hall–Kier alpha value is -3.04. The van der Waals surface area contributed by atoms with Crippen LogP contribution >= 0.6 is 23.6 Å². The number of aromatic amines is 1. The molecule has 3 heterocycles. The van der Waals surface area contributed by atoms with Crippen molar-refractivity contribution in [3.8, 4) is 10.7 Å². The first kappa shape index (κ1) is 21.2. The van der Waals surface area contributed by atoms with Gasteiger partial charge < -0.3 is 9.88 Å². The molecule has 1 aromatic carbocycles. The number of anilines is 1. The Morgan fingerprint density at radius 3 is 2.84 bits per heavy atom. The highest BCUT2D eigenvalue weighted by atomic mass is 32.1. The van der Waals surface area contributed by atoms with E-state index in [0.717, 1.165) is 22.0 Å². The predicted octanol–water partition coefficient (Wildman–Crippen LogP) is 5.24. The first-order chi connectivity index (χ1) is 14.9. The average Bonchev–Trinajstić information content (AvgIpc) is 3.48. The van der Waals surface area contributed by atoms with Gasteiger partial charge in [0.05, 0.1) is 4.88 Å². The van der Waals surface area contributed by atoms with Crippen molar-refractivity contribution in [3.63, 3.8) is 0 Å². The summed E-state index contributed by atoms with van der Waals surface area (Å²) < 4.78 is 4.30. The minimum absolute atomic E-state index is 0.155. The van der Waals surface area contributed by atoms with Crippen molar-refractivity contribution < 1.29 is 4.79 Å². The van der Waals surface area contributed by atoms with E-state index in [0.29, 0.717) is 23.1 Å². The maximum Gasteiger partial charge on any atom is 0.247 e. The molecule has 3 aromatic heterocycles. The van der Waals surface area contributed by atoms with Crippen LogP contribution in [0.5, 0.6) is 0 Å². The molecule has 0 saturated heterocycles. The van der Waals surface area contributed by atoms with Gasteiger partial charge in [-0.1, -0.05) is 32.0 Å². The number of carbonyl (C=O) groups is 1. The highest BCUT2D eigenvalue weighted by molar-refractivity contribution is 7.71. The Morgan fingerprint density at radius 2 is 2.10 bits per heavy atom. The second-order valence-corrected chi connectivity index (χ2v) is 8.97. The van der Waals surface area contributed by atoms with Gasteiger partial charge in [-0.05, 0) is 48.3 Å². The molecule has 1 atom stereocenters. The van der Waals surface area contributed by atoms with Crippen LogP contribution in [0.4, 0.5) is 5.69 Å². The number of thiophene rings is 1. The summed E-state index contributed by atoms with van der Waals surface area (Å²) in [5.74, 6) is 1.89. The van der Waals surface area contributed by atoms with Gasteiger partial charge in [0.15, 0.2) is 10.6 Å². The van der Waals surface area contributed by atoms with E-state index < -0.39 is 6.04 Å². The smallest absolute Gasteiger partial charge is 0.247 e. The molecule has 1 unspecified atom stereocenters. The van der Waals surface area contributed by atoms with Crippen molar-refractivity contribution in [2.45, 2.75) is 39.3 Å². The minimum atomic E-state index is -0.520. The average molecular weight is 453 g/mol. The molecule has 0 aliphatic rings. The van der Waals surface area contributed by atoms with Gasteiger partial charge in [-0.3, -0.25) is 14.5 Å². The van der Waals surface area contributed by atoms with E-state index in [1.54, 1.807) is 15.9 Å². The summed E-state index contributed by atoms with van der Waals surface area (Å²) in [4.78, 5) is 18.4. The number of rotatable bonds is 7. The van der Waals surface area contributed by atoms with E-state index >= 15 is 0 Å². The SMILES string of the molecule is CC(C)c1nccn1Cc1cccc(NC(=O)C(C)n2c(-c3cccs3)n[nH]c2=S)c1. The standard InChI is InChI=1S/C22H24N6OS2/c1-14(2)19-23-9-10-27(19)13-16-6-4-7-17(12-16)24-21(29)15(3)28-20(25-26-22(28)30)18-8-5-11-31-18/h4-12,14-15H,13H2,1-3H3,(H,24,29)(H,26,30). The molecule has 9 heteroatoms. The highest BCUT2D eigenvalue weighted by Crippen LogP contribution is 2.26. The fraction of sp³-hybridized carbons (Fsp3) is 0.273. The van der Waals surface area contributed by atoms with E-state index in [1.807, 2.05) is 61.1 Å². The van der Waals surface area contributed by atoms with Crippen LogP contribution in [-0.4, -0.2) is 30.2 Å². The zero-order valence-corrected chi connectivity index (χ0v) is 19.2. The monoisotopic (exact) mass is 452 g/mol. The number of benzene rings is 1. The van der Waals surface area contributed by atoms with Crippen LogP contribution in [0.1, 0.15) is 44.1 Å². The topological polar surface area (TPSA) is 80.5 Å². The predicted molar refractivity (Wildman–Crippen MR) is 126 cm³/mol. The number of nitrogens with one attached hydrogen (secondary N) is 2. The van der Waals surface area contributed by atoms with Crippen LogP contribution in [-0.2, 0) is 11.3 Å². The molecule has 1 amide bonds. The van der Waals surface area contributed by atoms with Gasteiger partial charge in [0.25, 0.3) is 0 Å². The van der Waals surface area contributed by atoms with Crippen LogP contribution in [0.3, 0.4) is 0 Å². The first-order valence-corrected chi connectivity index (χ1v) is 11.3. The molecule has 0 aliphatic carbocycles. The molecule has 4 rings (SSSR count). The lowest BCUT2D eigenvalue weighted by molar-refractivity contribution is -0.118. The summed E-state index contributed by atoms with van der Waals surface area (Å²) in [5.41, 5.74) is 1.83. The fourth-order valence-corrected chi connectivity index (χ4v) is 4.51. The molecule has 0 aliphatic heterocycles. The Kier molecular flexibility index (Phi) is 6.15. The quantitative estimate of drug-likeness (QED) is 0.376. The molecule has 4 aromatic rings. The van der Waals surface area contributed by atoms with Crippen molar-refractivity contribution in [2.24, 2.45) is 0 Å². The molecule has 31 heavy (non-hydrogen) atoms. The Labute approximate surface area is 189 Å². The van der Waals surface area contributed by atoms with Gasteiger partial charge in [-0.2, -0.15) is 5.10 Å². The van der Waals surface area contributed by atoms with Crippen molar-refractivity contribution in [1.29, 1.82) is 0 Å². The van der Waals surface area contributed by atoms with Crippen LogP contribution < -0.4 is 5.32 Å². The lowest BCUT2D eigenvalue weighted by Gasteiger charge is -2.16. The molecule has 0 fully saturated rings. The molecular weight excluding hydrogens is 428 g/mol. The second-order valence-electron chi connectivity index (χ2n) is 7.63. The summed E-state index contributed by atoms with van der Waals surface area (Å²) >= 11 is 6.94. The van der Waals surface area contributed by atoms with Gasteiger partial charge in [-0.15, -0.1) is 11.3 Å². The summed E-state index contributed by atoms with van der Waals surface area (Å²) in [6.45, 7) is 6.77. The third kappa shape index (κ3) is 4.52. The second kappa shape index (κ2) is 8.99. The van der Waals surface area contributed by atoms with Gasteiger partial charge >= 0.3 is 0 Å². The summed E-state index contributed by atoms with van der Waals surface area (Å²) in [7, 11) is 0. The van der Waals surface area contributed by atoms with E-state index in [4.69, 9.17) is 12.2 Å². The number of imidazole rings is 1. The van der Waals surface area contributed by atoms with E-state index in [-0.39, 0.29) is 5.91 Å². The highest BCUT2D eigenvalue weighted by Gasteiger charge is 2.21. The summed E-state index contributed by atoms with van der Waals surface area (Å²) in [6.07, 6.45) is 3.80. The van der Waals surface area contributed by atoms with E-state index in [1.165, 1.54) is 0 Å².